The van der Waals surface area contributed by atoms with Crippen LogP contribution in [0, 0.1) is 0 Å². The van der Waals surface area contributed by atoms with Gasteiger partial charge in [0.25, 0.3) is 5.91 Å². The summed E-state index contributed by atoms with van der Waals surface area (Å²) in [5.41, 5.74) is 1.47. The van der Waals surface area contributed by atoms with Crippen LogP contribution in [-0.4, -0.2) is 45.3 Å². The Hall–Kier alpha value is -3.33. The molecule has 1 heterocycles. The highest BCUT2D eigenvalue weighted by Crippen LogP contribution is 2.39. The normalized spacial score (nSPS) is 10.5. The van der Waals surface area contributed by atoms with E-state index in [1.54, 1.807) is 37.4 Å². The third-order valence-electron chi connectivity index (χ3n) is 3.87. The summed E-state index contributed by atoms with van der Waals surface area (Å²) in [6, 6.07) is 5.23. The van der Waals surface area contributed by atoms with Crippen molar-refractivity contribution in [1.82, 2.24) is 0 Å². The van der Waals surface area contributed by atoms with Crippen molar-refractivity contribution in [2.75, 3.05) is 32.8 Å². The van der Waals surface area contributed by atoms with Gasteiger partial charge in [-0.15, -0.1) is 11.3 Å². The second-order valence-corrected chi connectivity index (χ2v) is 6.68. The highest BCUT2D eigenvalue weighted by Gasteiger charge is 2.23. The van der Waals surface area contributed by atoms with Crippen LogP contribution in [0.5, 0.6) is 11.5 Å². The van der Waals surface area contributed by atoms with E-state index in [4.69, 9.17) is 18.9 Å². The Kier molecular flexibility index (Phi) is 8.42. The summed E-state index contributed by atoms with van der Waals surface area (Å²) in [5.74, 6) is -0.734. The lowest BCUT2D eigenvalue weighted by atomic mass is 10.0. The molecule has 1 N–H and O–H groups in total. The number of thiophene rings is 1. The number of allylic oxidation sites excluding steroid dienone is 1. The van der Waals surface area contributed by atoms with Crippen LogP contribution in [0.15, 0.2) is 35.7 Å². The lowest BCUT2D eigenvalue weighted by Crippen LogP contribution is -2.21. The number of hydrogen-bond acceptors (Lipinski definition) is 8. The van der Waals surface area contributed by atoms with E-state index in [1.165, 1.54) is 26.4 Å². The molecule has 0 aliphatic rings. The summed E-state index contributed by atoms with van der Waals surface area (Å²) in [5, 5.41) is 4.64. The Labute approximate surface area is 178 Å². The maximum atomic E-state index is 12.6. The van der Waals surface area contributed by atoms with Crippen molar-refractivity contribution in [2.45, 2.75) is 13.8 Å². The minimum Gasteiger partial charge on any atom is -0.493 e. The van der Waals surface area contributed by atoms with Gasteiger partial charge in [-0.25, -0.2) is 9.59 Å². The quantitative estimate of drug-likeness (QED) is 0.476. The second-order valence-electron chi connectivity index (χ2n) is 5.80. The predicted octanol–water partition coefficient (Wildman–Crippen LogP) is 3.67. The summed E-state index contributed by atoms with van der Waals surface area (Å²) in [6.45, 7) is 3.05. The van der Waals surface area contributed by atoms with Crippen molar-refractivity contribution in [3.8, 4) is 22.6 Å². The van der Waals surface area contributed by atoms with Crippen LogP contribution in [0.25, 0.3) is 11.1 Å². The summed E-state index contributed by atoms with van der Waals surface area (Å²) < 4.78 is 20.6. The molecule has 0 radical (unpaired) electrons. The van der Waals surface area contributed by atoms with Gasteiger partial charge in [-0.05, 0) is 31.5 Å². The van der Waals surface area contributed by atoms with Gasteiger partial charge in [-0.3, -0.25) is 4.79 Å². The maximum Gasteiger partial charge on any atom is 0.341 e. The molecular formula is C21H23NO7S. The maximum absolute atomic E-state index is 12.6. The third kappa shape index (κ3) is 5.60. The molecule has 0 saturated carbocycles. The van der Waals surface area contributed by atoms with Crippen LogP contribution in [0.4, 0.5) is 5.00 Å². The topological polar surface area (TPSA) is 100 Å². The molecule has 1 amide bonds. The minimum absolute atomic E-state index is 0.175. The zero-order valence-electron chi connectivity index (χ0n) is 17.1. The standard InChI is InChI=1S/C21H23NO7S/c1-5-7-18(24)29-11-17(23)22-20-19(21(25)28-6-2)14(12-30-20)13-8-9-15(26-3)16(10-13)27-4/h5,7-10,12H,6,11H2,1-4H3,(H,22,23)/b7-5+. The lowest BCUT2D eigenvalue weighted by molar-refractivity contribution is -0.142. The van der Waals surface area contributed by atoms with E-state index in [0.717, 1.165) is 11.3 Å². The summed E-state index contributed by atoms with van der Waals surface area (Å²) in [7, 11) is 3.05. The van der Waals surface area contributed by atoms with Crippen molar-refractivity contribution < 1.29 is 33.3 Å². The molecule has 0 spiro atoms. The average Bonchev–Trinajstić information content (AvgIpc) is 3.15. The Morgan fingerprint density at radius 3 is 2.47 bits per heavy atom. The van der Waals surface area contributed by atoms with Crippen molar-refractivity contribution in [3.05, 3.63) is 41.3 Å². The van der Waals surface area contributed by atoms with Crippen molar-refractivity contribution >= 4 is 34.2 Å². The monoisotopic (exact) mass is 433 g/mol. The molecule has 2 aromatic rings. The van der Waals surface area contributed by atoms with Gasteiger partial charge in [0.1, 0.15) is 10.6 Å². The molecule has 0 atom stereocenters. The number of rotatable bonds is 9. The zero-order valence-corrected chi connectivity index (χ0v) is 18.0. The number of ether oxygens (including phenoxy) is 4. The van der Waals surface area contributed by atoms with Gasteiger partial charge in [0.15, 0.2) is 18.1 Å². The first-order valence-electron chi connectivity index (χ1n) is 9.05. The van der Waals surface area contributed by atoms with Gasteiger partial charge in [0, 0.05) is 17.0 Å². The van der Waals surface area contributed by atoms with Gasteiger partial charge in [0.2, 0.25) is 0 Å². The van der Waals surface area contributed by atoms with Gasteiger partial charge >= 0.3 is 11.9 Å². The van der Waals surface area contributed by atoms with E-state index in [9.17, 15) is 14.4 Å². The van der Waals surface area contributed by atoms with E-state index < -0.39 is 24.5 Å². The first-order chi connectivity index (χ1) is 14.4. The molecule has 1 aromatic heterocycles. The van der Waals surface area contributed by atoms with Crippen molar-refractivity contribution in [2.24, 2.45) is 0 Å². The van der Waals surface area contributed by atoms with E-state index in [-0.39, 0.29) is 12.2 Å². The highest BCUT2D eigenvalue weighted by molar-refractivity contribution is 7.15. The zero-order chi connectivity index (χ0) is 22.1. The van der Waals surface area contributed by atoms with Gasteiger partial charge in [-0.2, -0.15) is 0 Å². The van der Waals surface area contributed by atoms with Crippen molar-refractivity contribution in [1.29, 1.82) is 0 Å². The van der Waals surface area contributed by atoms with Crippen LogP contribution in [0.1, 0.15) is 24.2 Å². The van der Waals surface area contributed by atoms with Gasteiger partial charge < -0.3 is 24.3 Å². The Morgan fingerprint density at radius 2 is 1.83 bits per heavy atom. The minimum atomic E-state index is -0.629. The number of methoxy groups -OCH3 is 2. The Balaban J connectivity index is 2.35. The molecular weight excluding hydrogens is 410 g/mol. The number of hydrogen-bond donors (Lipinski definition) is 1. The number of benzene rings is 1. The largest absolute Gasteiger partial charge is 0.493 e. The molecule has 160 valence electrons. The van der Waals surface area contributed by atoms with Crippen LogP contribution >= 0.6 is 11.3 Å². The SMILES string of the molecule is C/C=C/C(=O)OCC(=O)Nc1scc(-c2ccc(OC)c(OC)c2)c1C(=O)OCC. The fourth-order valence-corrected chi connectivity index (χ4v) is 3.53. The molecule has 0 bridgehead atoms. The van der Waals surface area contributed by atoms with Gasteiger partial charge in [-0.1, -0.05) is 12.1 Å². The first kappa shape index (κ1) is 23.0. The number of anilines is 1. The molecule has 0 unspecified atom stereocenters. The molecule has 1 aromatic carbocycles. The average molecular weight is 433 g/mol. The number of amides is 1. The highest BCUT2D eigenvalue weighted by atomic mass is 32.1. The summed E-state index contributed by atoms with van der Waals surface area (Å²) >= 11 is 1.16. The van der Waals surface area contributed by atoms with Crippen molar-refractivity contribution in [3.63, 3.8) is 0 Å². The summed E-state index contributed by atoms with van der Waals surface area (Å²) in [6.07, 6.45) is 2.71. The predicted molar refractivity (Wildman–Crippen MR) is 113 cm³/mol. The smallest absolute Gasteiger partial charge is 0.341 e. The first-order valence-corrected chi connectivity index (χ1v) is 9.93. The third-order valence-corrected chi connectivity index (χ3v) is 4.76. The second kappa shape index (κ2) is 11.0. The van der Waals surface area contributed by atoms with E-state index >= 15 is 0 Å². The molecule has 30 heavy (non-hydrogen) atoms. The fraction of sp³-hybridized carbons (Fsp3) is 0.286. The number of esters is 2. The van der Waals surface area contributed by atoms with Gasteiger partial charge in [0.05, 0.1) is 20.8 Å². The number of carbonyl (C=O) groups is 3. The molecule has 9 heteroatoms. The molecule has 8 nitrogen and oxygen atoms in total. The Morgan fingerprint density at radius 1 is 1.10 bits per heavy atom. The molecule has 0 saturated heterocycles. The number of carbonyl (C=O) groups excluding carboxylic acids is 3. The van der Waals surface area contributed by atoms with E-state index in [2.05, 4.69) is 5.32 Å². The van der Waals surface area contributed by atoms with Crippen LogP contribution < -0.4 is 14.8 Å². The molecule has 0 aliphatic carbocycles. The van der Waals surface area contributed by atoms with E-state index in [1.807, 2.05) is 0 Å². The lowest BCUT2D eigenvalue weighted by Gasteiger charge is -2.11. The summed E-state index contributed by atoms with van der Waals surface area (Å²) in [4.78, 5) is 36.2. The molecule has 2 rings (SSSR count). The van der Waals surface area contributed by atoms with Crippen LogP contribution in [-0.2, 0) is 19.1 Å². The molecule has 0 aliphatic heterocycles. The van der Waals surface area contributed by atoms with Crippen LogP contribution in [0.2, 0.25) is 0 Å². The van der Waals surface area contributed by atoms with E-state index in [0.29, 0.717) is 27.6 Å². The molecule has 0 fully saturated rings. The Bertz CT molecular complexity index is 949. The van der Waals surface area contributed by atoms with Crippen LogP contribution in [0.3, 0.4) is 0 Å². The number of nitrogens with one attached hydrogen (secondary N) is 1. The fourth-order valence-electron chi connectivity index (χ4n) is 2.56.